The third kappa shape index (κ3) is 4.61. The Balaban J connectivity index is 0.00000192. The lowest BCUT2D eigenvalue weighted by Crippen LogP contribution is -2.41. The number of hydrogen-bond acceptors (Lipinski definition) is 2. The van der Waals surface area contributed by atoms with E-state index in [4.69, 9.17) is 0 Å². The molecule has 0 atom stereocenters. The molecule has 2 fully saturated rings. The number of rotatable bonds is 4. The molecular weight excluding hydrogens is 401 g/mol. The molecule has 0 amide bonds. The van der Waals surface area contributed by atoms with Gasteiger partial charge in [-0.2, -0.15) is 5.10 Å². The van der Waals surface area contributed by atoms with Crippen LogP contribution < -0.4 is 5.32 Å². The third-order valence-electron chi connectivity index (χ3n) is 5.30. The minimum atomic E-state index is 0. The molecule has 1 spiro atoms. The van der Waals surface area contributed by atoms with Gasteiger partial charge in [0, 0.05) is 39.9 Å². The summed E-state index contributed by atoms with van der Waals surface area (Å²) in [4.78, 5) is 6.96. The van der Waals surface area contributed by atoms with Crippen LogP contribution in [0.1, 0.15) is 44.1 Å². The van der Waals surface area contributed by atoms with Gasteiger partial charge in [-0.25, -0.2) is 0 Å². The molecule has 2 aliphatic rings. The van der Waals surface area contributed by atoms with Crippen LogP contribution in [0.15, 0.2) is 17.4 Å². The Morgan fingerprint density at radius 1 is 1.35 bits per heavy atom. The lowest BCUT2D eigenvalue weighted by Gasteiger charge is -2.25. The van der Waals surface area contributed by atoms with Gasteiger partial charge in [-0.1, -0.05) is 12.8 Å². The number of likely N-dealkylation sites (tertiary alicyclic amines) is 1. The van der Waals surface area contributed by atoms with Gasteiger partial charge in [0.2, 0.25) is 0 Å². The van der Waals surface area contributed by atoms with Gasteiger partial charge in [0.1, 0.15) is 0 Å². The van der Waals surface area contributed by atoms with Crippen molar-refractivity contribution in [2.45, 2.75) is 44.9 Å². The summed E-state index contributed by atoms with van der Waals surface area (Å²) in [6, 6.07) is 0. The van der Waals surface area contributed by atoms with E-state index in [1.165, 1.54) is 50.8 Å². The fourth-order valence-electron chi connectivity index (χ4n) is 4.07. The molecule has 0 radical (unpaired) electrons. The van der Waals surface area contributed by atoms with E-state index in [9.17, 15) is 0 Å². The van der Waals surface area contributed by atoms with Gasteiger partial charge in [0.05, 0.1) is 6.20 Å². The molecule has 0 bridgehead atoms. The summed E-state index contributed by atoms with van der Waals surface area (Å²) in [7, 11) is 3.87. The minimum Gasteiger partial charge on any atom is -0.356 e. The maximum atomic E-state index is 4.49. The zero-order chi connectivity index (χ0) is 15.4. The average Bonchev–Trinajstić information content (AvgIpc) is 3.23. The Hall–Kier alpha value is -0.790. The fourth-order valence-corrected chi connectivity index (χ4v) is 4.07. The smallest absolute Gasteiger partial charge is 0.193 e. The first-order valence-electron chi connectivity index (χ1n) is 8.64. The van der Waals surface area contributed by atoms with E-state index in [1.54, 1.807) is 0 Å². The third-order valence-corrected chi connectivity index (χ3v) is 5.30. The first-order valence-corrected chi connectivity index (χ1v) is 8.64. The lowest BCUT2D eigenvalue weighted by molar-refractivity contribution is 0.309. The predicted molar refractivity (Wildman–Crippen MR) is 105 cm³/mol. The van der Waals surface area contributed by atoms with Crippen molar-refractivity contribution in [2.75, 3.05) is 26.7 Å². The van der Waals surface area contributed by atoms with Gasteiger partial charge in [-0.15, -0.1) is 24.0 Å². The Labute approximate surface area is 156 Å². The van der Waals surface area contributed by atoms with Crippen LogP contribution in [0.5, 0.6) is 0 Å². The SMILES string of the molecule is CN=C(NCCCc1cnn(C)c1)N1CCC2(CCCC2)C1.I. The van der Waals surface area contributed by atoms with E-state index < -0.39 is 0 Å². The zero-order valence-corrected chi connectivity index (χ0v) is 16.8. The van der Waals surface area contributed by atoms with Crippen LogP contribution in [0, 0.1) is 5.41 Å². The molecule has 0 aromatic carbocycles. The monoisotopic (exact) mass is 431 g/mol. The Bertz CT molecular complexity index is 519. The lowest BCUT2D eigenvalue weighted by atomic mass is 9.86. The topological polar surface area (TPSA) is 45.5 Å². The number of aryl methyl sites for hydroxylation is 2. The number of aromatic nitrogens is 2. The van der Waals surface area contributed by atoms with Crippen molar-refractivity contribution in [1.82, 2.24) is 20.0 Å². The van der Waals surface area contributed by atoms with Crippen molar-refractivity contribution in [3.63, 3.8) is 0 Å². The first kappa shape index (κ1) is 18.5. The van der Waals surface area contributed by atoms with E-state index in [1.807, 2.05) is 25.0 Å². The van der Waals surface area contributed by atoms with E-state index in [0.29, 0.717) is 5.41 Å². The summed E-state index contributed by atoms with van der Waals surface area (Å²) in [5, 5.41) is 7.76. The zero-order valence-electron chi connectivity index (χ0n) is 14.4. The average molecular weight is 431 g/mol. The molecule has 1 N–H and O–H groups in total. The van der Waals surface area contributed by atoms with Crippen LogP contribution >= 0.6 is 24.0 Å². The van der Waals surface area contributed by atoms with Crippen LogP contribution in [0.3, 0.4) is 0 Å². The van der Waals surface area contributed by atoms with Crippen molar-refractivity contribution in [1.29, 1.82) is 0 Å². The normalized spacial score (nSPS) is 20.1. The van der Waals surface area contributed by atoms with Crippen LogP contribution in [-0.4, -0.2) is 47.3 Å². The minimum absolute atomic E-state index is 0. The summed E-state index contributed by atoms with van der Waals surface area (Å²) < 4.78 is 1.87. The number of aliphatic imine (C=N–C) groups is 1. The van der Waals surface area contributed by atoms with Crippen LogP contribution in [0.2, 0.25) is 0 Å². The molecule has 3 rings (SSSR count). The van der Waals surface area contributed by atoms with E-state index in [0.717, 1.165) is 25.3 Å². The van der Waals surface area contributed by atoms with E-state index in [-0.39, 0.29) is 24.0 Å². The van der Waals surface area contributed by atoms with Crippen molar-refractivity contribution < 1.29 is 0 Å². The second-order valence-corrected chi connectivity index (χ2v) is 6.98. The van der Waals surface area contributed by atoms with Crippen molar-refractivity contribution >= 4 is 29.9 Å². The number of guanidine groups is 1. The maximum Gasteiger partial charge on any atom is 0.193 e. The van der Waals surface area contributed by atoms with Gasteiger partial charge in [0.25, 0.3) is 0 Å². The standard InChI is InChI=1S/C17H29N5.HI/c1-18-16(19-10-5-6-15-12-20-21(2)13-15)22-11-9-17(14-22)7-3-4-8-17;/h12-13H,3-11,14H2,1-2H3,(H,18,19);1H. The Morgan fingerprint density at radius 3 is 2.78 bits per heavy atom. The summed E-state index contributed by atoms with van der Waals surface area (Å²) in [6.45, 7) is 3.35. The Kier molecular flexibility index (Phi) is 6.73. The second kappa shape index (κ2) is 8.35. The molecule has 0 unspecified atom stereocenters. The molecule has 130 valence electrons. The van der Waals surface area contributed by atoms with Crippen molar-refractivity contribution in [2.24, 2.45) is 17.5 Å². The number of hydrogen-bond donors (Lipinski definition) is 1. The summed E-state index contributed by atoms with van der Waals surface area (Å²) in [5.74, 6) is 1.09. The van der Waals surface area contributed by atoms with Gasteiger partial charge in [-0.3, -0.25) is 9.67 Å². The van der Waals surface area contributed by atoms with Crippen LogP contribution in [0.4, 0.5) is 0 Å². The highest BCUT2D eigenvalue weighted by molar-refractivity contribution is 14.0. The summed E-state index contributed by atoms with van der Waals surface area (Å²) >= 11 is 0. The summed E-state index contributed by atoms with van der Waals surface area (Å²) in [5.41, 5.74) is 1.92. The molecule has 2 heterocycles. The van der Waals surface area contributed by atoms with Gasteiger partial charge >= 0.3 is 0 Å². The number of halogens is 1. The van der Waals surface area contributed by atoms with Gasteiger partial charge in [0.15, 0.2) is 5.96 Å². The predicted octanol–water partition coefficient (Wildman–Crippen LogP) is 2.81. The van der Waals surface area contributed by atoms with Crippen molar-refractivity contribution in [3.8, 4) is 0 Å². The Morgan fingerprint density at radius 2 is 2.13 bits per heavy atom. The molecule has 5 nitrogen and oxygen atoms in total. The quantitative estimate of drug-likeness (QED) is 0.345. The van der Waals surface area contributed by atoms with E-state index in [2.05, 4.69) is 26.5 Å². The molecule has 1 aliphatic carbocycles. The maximum absolute atomic E-state index is 4.49. The number of nitrogens with one attached hydrogen (secondary N) is 1. The molecule has 1 aliphatic heterocycles. The summed E-state index contributed by atoms with van der Waals surface area (Å²) in [6.07, 6.45) is 13.3. The molecule has 6 heteroatoms. The first-order chi connectivity index (χ1) is 10.7. The largest absolute Gasteiger partial charge is 0.356 e. The molecule has 1 saturated heterocycles. The van der Waals surface area contributed by atoms with Crippen LogP contribution in [0.25, 0.3) is 0 Å². The highest BCUT2D eigenvalue weighted by Gasteiger charge is 2.40. The van der Waals surface area contributed by atoms with Gasteiger partial charge < -0.3 is 10.2 Å². The molecular formula is C17H30IN5. The molecule has 23 heavy (non-hydrogen) atoms. The van der Waals surface area contributed by atoms with E-state index >= 15 is 0 Å². The van der Waals surface area contributed by atoms with Crippen molar-refractivity contribution in [3.05, 3.63) is 18.0 Å². The molecule has 1 aromatic heterocycles. The van der Waals surface area contributed by atoms with Crippen LogP contribution in [-0.2, 0) is 13.5 Å². The highest BCUT2D eigenvalue weighted by atomic mass is 127. The second-order valence-electron chi connectivity index (χ2n) is 6.98. The fraction of sp³-hybridized carbons (Fsp3) is 0.765. The number of nitrogens with zero attached hydrogens (tertiary/aromatic N) is 4. The highest BCUT2D eigenvalue weighted by Crippen LogP contribution is 2.45. The van der Waals surface area contributed by atoms with Gasteiger partial charge in [-0.05, 0) is 43.1 Å². The molecule has 1 saturated carbocycles. The molecule has 1 aromatic rings.